The normalized spacial score (nSPS) is 13.1. The third-order valence-corrected chi connectivity index (χ3v) is 14.6. The summed E-state index contributed by atoms with van der Waals surface area (Å²) in [4.78, 5) is 4.92. The Kier molecular flexibility index (Phi) is 8.34. The molecule has 1 aliphatic carbocycles. The van der Waals surface area contributed by atoms with E-state index in [0.29, 0.717) is 0 Å². The summed E-state index contributed by atoms with van der Waals surface area (Å²) in [6.07, 6.45) is 0. The number of hydrogen-bond acceptors (Lipinski definition) is 3. The van der Waals surface area contributed by atoms with Crippen LogP contribution in [-0.4, -0.2) is 0 Å². The molecule has 2 heterocycles. The van der Waals surface area contributed by atoms with Crippen LogP contribution in [0.3, 0.4) is 0 Å². The van der Waals surface area contributed by atoms with Crippen LogP contribution >= 0.6 is 11.3 Å². The summed E-state index contributed by atoms with van der Waals surface area (Å²) in [7, 11) is 0. The number of benzene rings is 10. The molecule has 0 saturated heterocycles. The minimum atomic E-state index is -0.558. The van der Waals surface area contributed by atoms with Gasteiger partial charge in [-0.2, -0.15) is 0 Å². The Morgan fingerprint density at radius 3 is 1.58 bits per heavy atom. The molecule has 10 aromatic carbocycles. The maximum Gasteiger partial charge on any atom is 0.0755 e. The van der Waals surface area contributed by atoms with E-state index in [0.717, 1.165) is 22.7 Å². The monoisotopic (exact) mass is 832 g/mol. The van der Waals surface area contributed by atoms with E-state index in [1.54, 1.807) is 0 Å². The number of anilines is 6. The summed E-state index contributed by atoms with van der Waals surface area (Å²) in [6.45, 7) is 0. The highest BCUT2D eigenvalue weighted by molar-refractivity contribution is 7.25. The molecule has 0 radical (unpaired) electrons. The summed E-state index contributed by atoms with van der Waals surface area (Å²) in [6, 6.07) is 89.6. The van der Waals surface area contributed by atoms with Gasteiger partial charge in [0.05, 0.1) is 22.5 Å². The van der Waals surface area contributed by atoms with Crippen LogP contribution in [0, 0.1) is 0 Å². The Morgan fingerprint density at radius 1 is 0.359 bits per heavy atom. The molecule has 0 saturated carbocycles. The lowest BCUT2D eigenvalue weighted by atomic mass is 9.64. The number of hydrogen-bond donors (Lipinski definition) is 0. The van der Waals surface area contributed by atoms with Gasteiger partial charge in [-0.05, 0) is 123 Å². The first-order valence-corrected chi connectivity index (χ1v) is 22.8. The Balaban J connectivity index is 1.02. The van der Waals surface area contributed by atoms with Crippen LogP contribution in [0.25, 0.3) is 53.6 Å². The lowest BCUT2D eigenvalue weighted by molar-refractivity contribution is 0.752. The van der Waals surface area contributed by atoms with Gasteiger partial charge in [0, 0.05) is 42.8 Å². The van der Waals surface area contributed by atoms with Gasteiger partial charge in [-0.1, -0.05) is 170 Å². The van der Waals surface area contributed by atoms with E-state index in [4.69, 9.17) is 0 Å². The lowest BCUT2D eigenvalue weighted by Gasteiger charge is -2.45. The number of nitrogens with zero attached hydrogens (tertiary/aromatic N) is 2. The maximum atomic E-state index is 2.47. The van der Waals surface area contributed by atoms with Crippen molar-refractivity contribution in [1.29, 1.82) is 0 Å². The van der Waals surface area contributed by atoms with E-state index < -0.39 is 5.41 Å². The fourth-order valence-electron chi connectivity index (χ4n) is 10.7. The highest BCUT2D eigenvalue weighted by Gasteiger charge is 2.52. The van der Waals surface area contributed by atoms with E-state index in [1.807, 2.05) is 11.3 Å². The zero-order chi connectivity index (χ0) is 42.2. The number of thiophene rings is 1. The molecule has 13 rings (SSSR count). The summed E-state index contributed by atoms with van der Waals surface area (Å²) >= 11 is 1.86. The second-order valence-electron chi connectivity index (χ2n) is 16.8. The fraction of sp³-hybridized carbons (Fsp3) is 0.0164. The minimum absolute atomic E-state index is 0.558. The number of fused-ring (bicyclic) bond motifs is 12. The topological polar surface area (TPSA) is 6.48 Å². The van der Waals surface area contributed by atoms with E-state index in [2.05, 4.69) is 252 Å². The Labute approximate surface area is 377 Å². The first-order chi connectivity index (χ1) is 31.8. The van der Waals surface area contributed by atoms with Gasteiger partial charge >= 0.3 is 0 Å². The quantitative estimate of drug-likeness (QED) is 0.165. The molecule has 2 aliphatic rings. The van der Waals surface area contributed by atoms with Crippen LogP contribution in [0.1, 0.15) is 22.3 Å². The van der Waals surface area contributed by atoms with Crippen molar-refractivity contribution in [1.82, 2.24) is 0 Å². The predicted molar refractivity (Wildman–Crippen MR) is 270 cm³/mol. The number of para-hydroxylation sites is 3. The van der Waals surface area contributed by atoms with Crippen molar-refractivity contribution >= 4 is 65.6 Å². The molecule has 0 amide bonds. The van der Waals surface area contributed by atoms with Crippen molar-refractivity contribution in [3.63, 3.8) is 0 Å². The van der Waals surface area contributed by atoms with Crippen molar-refractivity contribution in [3.8, 4) is 33.4 Å². The molecule has 0 unspecified atom stereocenters. The lowest BCUT2D eigenvalue weighted by Crippen LogP contribution is -2.36. The van der Waals surface area contributed by atoms with Crippen LogP contribution in [-0.2, 0) is 5.41 Å². The van der Waals surface area contributed by atoms with Crippen LogP contribution in [0.2, 0.25) is 0 Å². The highest BCUT2D eigenvalue weighted by atomic mass is 32.1. The molecular weight excluding hydrogens is 793 g/mol. The SMILES string of the molecule is c1ccc(-c2ccc(N(c3ccc(-c4ccc5sc6ccccc6c5c4)cc3)c3cccc4c3-c3ccccc3C43c4ccccc4N(c4ccccc4)c4ccccc43)cc2)cc1. The third-order valence-electron chi connectivity index (χ3n) is 13.5. The third kappa shape index (κ3) is 5.44. The van der Waals surface area contributed by atoms with Crippen molar-refractivity contribution in [3.05, 3.63) is 265 Å². The zero-order valence-corrected chi connectivity index (χ0v) is 35.7. The van der Waals surface area contributed by atoms with E-state index in [1.165, 1.54) is 87.2 Å². The van der Waals surface area contributed by atoms with Crippen molar-refractivity contribution < 1.29 is 0 Å². The molecule has 0 atom stereocenters. The van der Waals surface area contributed by atoms with Gasteiger partial charge in [0.2, 0.25) is 0 Å². The van der Waals surface area contributed by atoms with Gasteiger partial charge in [0.1, 0.15) is 0 Å². The Bertz CT molecular complexity index is 3510. The van der Waals surface area contributed by atoms with Gasteiger partial charge in [-0.3, -0.25) is 0 Å². The first kappa shape index (κ1) is 36.7. The molecule has 2 nitrogen and oxygen atoms in total. The summed E-state index contributed by atoms with van der Waals surface area (Å²) in [5.41, 5.74) is 18.8. The summed E-state index contributed by atoms with van der Waals surface area (Å²) < 4.78 is 2.64. The molecule has 0 N–H and O–H groups in total. The average molecular weight is 833 g/mol. The molecule has 1 aliphatic heterocycles. The Hall–Kier alpha value is -7.98. The maximum absolute atomic E-state index is 2.47. The predicted octanol–water partition coefficient (Wildman–Crippen LogP) is 17.0. The molecule has 0 bridgehead atoms. The minimum Gasteiger partial charge on any atom is -0.310 e. The molecule has 64 heavy (non-hydrogen) atoms. The molecule has 0 fully saturated rings. The highest BCUT2D eigenvalue weighted by Crippen LogP contribution is 2.65. The van der Waals surface area contributed by atoms with Crippen LogP contribution < -0.4 is 9.80 Å². The summed E-state index contributed by atoms with van der Waals surface area (Å²) in [5.74, 6) is 0. The van der Waals surface area contributed by atoms with Crippen LogP contribution in [0.5, 0.6) is 0 Å². The van der Waals surface area contributed by atoms with Crippen molar-refractivity contribution in [2.45, 2.75) is 5.41 Å². The zero-order valence-electron chi connectivity index (χ0n) is 34.9. The molecule has 1 spiro atoms. The smallest absolute Gasteiger partial charge is 0.0755 e. The first-order valence-electron chi connectivity index (χ1n) is 22.0. The van der Waals surface area contributed by atoms with Gasteiger partial charge in [-0.25, -0.2) is 0 Å². The standard InChI is InChI=1S/C61H40N2S/c1-3-16-41(17-4-1)42-30-35-46(36-31-42)62(47-37-32-43(33-38-47)44-34-39-59-50(40-44)48-20-8-14-29-58(48)64-59)57-28-15-25-54-60(57)49-21-7-9-22-51(49)61(54)52-23-10-12-26-55(52)63(45-18-5-2-6-19-45)56-27-13-11-24-53(56)61/h1-40H. The fourth-order valence-corrected chi connectivity index (χ4v) is 11.8. The molecule has 1 aromatic heterocycles. The second kappa shape index (κ2) is 14.6. The molecule has 300 valence electrons. The van der Waals surface area contributed by atoms with E-state index in [-0.39, 0.29) is 0 Å². The number of rotatable bonds is 6. The van der Waals surface area contributed by atoms with Gasteiger partial charge in [0.25, 0.3) is 0 Å². The average Bonchev–Trinajstić information content (AvgIpc) is 3.89. The Morgan fingerprint density at radius 2 is 0.875 bits per heavy atom. The second-order valence-corrected chi connectivity index (χ2v) is 17.9. The van der Waals surface area contributed by atoms with Gasteiger partial charge in [-0.15, -0.1) is 11.3 Å². The molecular formula is C61H40N2S. The van der Waals surface area contributed by atoms with Gasteiger partial charge < -0.3 is 9.80 Å². The van der Waals surface area contributed by atoms with Gasteiger partial charge in [0.15, 0.2) is 0 Å². The largest absolute Gasteiger partial charge is 0.310 e. The molecule has 11 aromatic rings. The summed E-state index contributed by atoms with van der Waals surface area (Å²) in [5, 5.41) is 2.63. The van der Waals surface area contributed by atoms with E-state index in [9.17, 15) is 0 Å². The van der Waals surface area contributed by atoms with Crippen LogP contribution in [0.4, 0.5) is 34.1 Å². The van der Waals surface area contributed by atoms with Crippen molar-refractivity contribution in [2.24, 2.45) is 0 Å². The van der Waals surface area contributed by atoms with Crippen molar-refractivity contribution in [2.75, 3.05) is 9.80 Å². The van der Waals surface area contributed by atoms with E-state index >= 15 is 0 Å². The van der Waals surface area contributed by atoms with Crippen LogP contribution in [0.15, 0.2) is 243 Å². The molecule has 3 heteroatoms.